The molecule has 1 amide bonds. The van der Waals surface area contributed by atoms with E-state index in [1.807, 2.05) is 4.68 Å². The van der Waals surface area contributed by atoms with E-state index in [1.165, 1.54) is 32.1 Å². The standard InChI is InChI=1S/C14H23N5O/c20-14(11-6-4-5-7-11)15-10-13-16-17-18-19(13)12-8-2-1-3-9-12/h11-12H,1-10H2,(H,15,20). The maximum atomic E-state index is 12.0. The van der Waals surface area contributed by atoms with Gasteiger partial charge in [-0.2, -0.15) is 0 Å². The van der Waals surface area contributed by atoms with Gasteiger partial charge in [0.05, 0.1) is 12.6 Å². The quantitative estimate of drug-likeness (QED) is 0.913. The third-order valence-electron chi connectivity index (χ3n) is 4.63. The third-order valence-corrected chi connectivity index (χ3v) is 4.63. The first-order valence-electron chi connectivity index (χ1n) is 7.89. The van der Waals surface area contributed by atoms with Crippen molar-refractivity contribution in [2.45, 2.75) is 70.4 Å². The van der Waals surface area contributed by atoms with Gasteiger partial charge in [-0.15, -0.1) is 5.10 Å². The summed E-state index contributed by atoms with van der Waals surface area (Å²) in [6, 6.07) is 0.414. The molecule has 0 radical (unpaired) electrons. The van der Waals surface area contributed by atoms with Crippen molar-refractivity contribution in [3.05, 3.63) is 5.82 Å². The van der Waals surface area contributed by atoms with E-state index in [-0.39, 0.29) is 11.8 Å². The van der Waals surface area contributed by atoms with Crippen LogP contribution >= 0.6 is 0 Å². The van der Waals surface area contributed by atoms with Crippen molar-refractivity contribution >= 4 is 5.91 Å². The van der Waals surface area contributed by atoms with E-state index in [0.717, 1.165) is 31.5 Å². The van der Waals surface area contributed by atoms with Gasteiger partial charge in [-0.25, -0.2) is 4.68 Å². The molecular formula is C14H23N5O. The van der Waals surface area contributed by atoms with E-state index in [1.54, 1.807) is 0 Å². The Morgan fingerprint density at radius 1 is 1.10 bits per heavy atom. The smallest absolute Gasteiger partial charge is 0.223 e. The maximum absolute atomic E-state index is 12.0. The van der Waals surface area contributed by atoms with Crippen molar-refractivity contribution in [2.24, 2.45) is 5.92 Å². The lowest BCUT2D eigenvalue weighted by atomic mass is 9.95. The minimum atomic E-state index is 0.167. The van der Waals surface area contributed by atoms with Crippen LogP contribution in [-0.4, -0.2) is 26.1 Å². The molecule has 0 aliphatic heterocycles. The van der Waals surface area contributed by atoms with Gasteiger partial charge in [0, 0.05) is 5.92 Å². The Labute approximate surface area is 119 Å². The fourth-order valence-electron chi connectivity index (χ4n) is 3.44. The summed E-state index contributed by atoms with van der Waals surface area (Å²) in [7, 11) is 0. The highest BCUT2D eigenvalue weighted by Gasteiger charge is 2.24. The summed E-state index contributed by atoms with van der Waals surface area (Å²) in [5.41, 5.74) is 0. The molecule has 110 valence electrons. The van der Waals surface area contributed by atoms with Crippen LogP contribution in [0.15, 0.2) is 0 Å². The summed E-state index contributed by atoms with van der Waals surface area (Å²) in [4.78, 5) is 12.0. The zero-order chi connectivity index (χ0) is 13.8. The molecule has 6 nitrogen and oxygen atoms in total. The molecule has 1 aromatic heterocycles. The molecular weight excluding hydrogens is 254 g/mol. The van der Waals surface area contributed by atoms with Gasteiger partial charge in [0.2, 0.25) is 5.91 Å². The first-order valence-corrected chi connectivity index (χ1v) is 7.89. The van der Waals surface area contributed by atoms with E-state index in [0.29, 0.717) is 12.6 Å². The fourth-order valence-corrected chi connectivity index (χ4v) is 3.44. The number of carbonyl (C=O) groups excluding carboxylic acids is 1. The van der Waals surface area contributed by atoms with Crippen molar-refractivity contribution < 1.29 is 4.79 Å². The summed E-state index contributed by atoms with van der Waals surface area (Å²) in [6.07, 6.45) is 10.5. The molecule has 20 heavy (non-hydrogen) atoms. The lowest BCUT2D eigenvalue weighted by Crippen LogP contribution is -2.30. The molecule has 2 fully saturated rings. The molecule has 0 aromatic carbocycles. The monoisotopic (exact) mass is 277 g/mol. The average molecular weight is 277 g/mol. The van der Waals surface area contributed by atoms with Gasteiger partial charge < -0.3 is 5.32 Å². The van der Waals surface area contributed by atoms with Crippen LogP contribution < -0.4 is 5.32 Å². The van der Waals surface area contributed by atoms with Crippen LogP contribution in [0.25, 0.3) is 0 Å². The van der Waals surface area contributed by atoms with Crippen LogP contribution in [0.2, 0.25) is 0 Å². The average Bonchev–Trinajstić information content (AvgIpc) is 3.17. The minimum Gasteiger partial charge on any atom is -0.348 e. The Morgan fingerprint density at radius 2 is 1.80 bits per heavy atom. The van der Waals surface area contributed by atoms with E-state index in [9.17, 15) is 4.79 Å². The van der Waals surface area contributed by atoms with Crippen LogP contribution in [0.1, 0.15) is 69.7 Å². The molecule has 0 unspecified atom stereocenters. The van der Waals surface area contributed by atoms with Crippen LogP contribution in [0.4, 0.5) is 0 Å². The second kappa shape index (κ2) is 6.33. The van der Waals surface area contributed by atoms with E-state index in [4.69, 9.17) is 0 Å². The first-order chi connectivity index (χ1) is 9.84. The molecule has 1 aromatic rings. The number of aromatic nitrogens is 4. The second-order valence-corrected chi connectivity index (χ2v) is 6.03. The molecule has 0 bridgehead atoms. The maximum Gasteiger partial charge on any atom is 0.223 e. The number of carbonyl (C=O) groups is 1. The lowest BCUT2D eigenvalue weighted by Gasteiger charge is -2.22. The largest absolute Gasteiger partial charge is 0.348 e. The number of nitrogens with zero attached hydrogens (tertiary/aromatic N) is 4. The van der Waals surface area contributed by atoms with Crippen molar-refractivity contribution in [2.75, 3.05) is 0 Å². The van der Waals surface area contributed by atoms with E-state index in [2.05, 4.69) is 20.8 Å². The Morgan fingerprint density at radius 3 is 2.55 bits per heavy atom. The van der Waals surface area contributed by atoms with Crippen molar-refractivity contribution in [1.29, 1.82) is 0 Å². The Bertz CT molecular complexity index is 446. The van der Waals surface area contributed by atoms with Gasteiger partial charge in [0.15, 0.2) is 5.82 Å². The molecule has 0 atom stereocenters. The fraction of sp³-hybridized carbons (Fsp3) is 0.857. The highest BCUT2D eigenvalue weighted by atomic mass is 16.1. The molecule has 6 heteroatoms. The topological polar surface area (TPSA) is 72.7 Å². The summed E-state index contributed by atoms with van der Waals surface area (Å²) < 4.78 is 1.92. The highest BCUT2D eigenvalue weighted by molar-refractivity contribution is 5.78. The van der Waals surface area contributed by atoms with Crippen LogP contribution in [0, 0.1) is 5.92 Å². The second-order valence-electron chi connectivity index (χ2n) is 6.03. The minimum absolute atomic E-state index is 0.167. The highest BCUT2D eigenvalue weighted by Crippen LogP contribution is 2.28. The Kier molecular flexibility index (Phi) is 4.28. The van der Waals surface area contributed by atoms with E-state index < -0.39 is 0 Å². The summed E-state index contributed by atoms with van der Waals surface area (Å²) in [5, 5.41) is 15.0. The van der Waals surface area contributed by atoms with Crippen molar-refractivity contribution in [1.82, 2.24) is 25.5 Å². The Hall–Kier alpha value is -1.46. The molecule has 1 heterocycles. The normalized spacial score (nSPS) is 21.2. The van der Waals surface area contributed by atoms with Crippen LogP contribution in [0.5, 0.6) is 0 Å². The first kappa shape index (κ1) is 13.5. The van der Waals surface area contributed by atoms with Gasteiger partial charge in [0.25, 0.3) is 0 Å². The van der Waals surface area contributed by atoms with Crippen molar-refractivity contribution in [3.8, 4) is 0 Å². The number of hydrogen-bond donors (Lipinski definition) is 1. The summed E-state index contributed by atoms with van der Waals surface area (Å²) >= 11 is 0. The lowest BCUT2D eigenvalue weighted by molar-refractivity contribution is -0.125. The number of rotatable bonds is 4. The molecule has 3 rings (SSSR count). The molecule has 0 spiro atoms. The van der Waals surface area contributed by atoms with Crippen LogP contribution in [0.3, 0.4) is 0 Å². The number of hydrogen-bond acceptors (Lipinski definition) is 4. The number of amides is 1. The molecule has 2 aliphatic rings. The zero-order valence-corrected chi connectivity index (χ0v) is 11.9. The van der Waals surface area contributed by atoms with Gasteiger partial charge in [-0.3, -0.25) is 4.79 Å². The van der Waals surface area contributed by atoms with Gasteiger partial charge in [-0.1, -0.05) is 32.1 Å². The molecule has 0 saturated heterocycles. The summed E-state index contributed by atoms with van der Waals surface area (Å²) in [5.74, 6) is 1.16. The predicted molar refractivity (Wildman–Crippen MR) is 73.7 cm³/mol. The summed E-state index contributed by atoms with van der Waals surface area (Å²) in [6.45, 7) is 0.457. The SMILES string of the molecule is O=C(NCc1nnnn1C1CCCCC1)C1CCCC1. The van der Waals surface area contributed by atoms with Gasteiger partial charge in [-0.05, 0) is 36.1 Å². The molecule has 2 saturated carbocycles. The van der Waals surface area contributed by atoms with Gasteiger partial charge >= 0.3 is 0 Å². The van der Waals surface area contributed by atoms with Gasteiger partial charge in [0.1, 0.15) is 0 Å². The predicted octanol–water partition coefficient (Wildman–Crippen LogP) is 1.98. The number of tetrazole rings is 1. The Balaban J connectivity index is 1.57. The van der Waals surface area contributed by atoms with E-state index >= 15 is 0 Å². The number of nitrogens with one attached hydrogen (secondary N) is 1. The molecule has 2 aliphatic carbocycles. The zero-order valence-electron chi connectivity index (χ0n) is 11.9. The van der Waals surface area contributed by atoms with Crippen LogP contribution in [-0.2, 0) is 11.3 Å². The molecule has 1 N–H and O–H groups in total. The van der Waals surface area contributed by atoms with Crippen molar-refractivity contribution in [3.63, 3.8) is 0 Å². The third kappa shape index (κ3) is 2.99.